The SMILES string of the molecule is C=CCN(CCCC#CCCC)Cc1ccccc1. The smallest absolute Gasteiger partial charge is 0.0237 e. The van der Waals surface area contributed by atoms with E-state index in [9.17, 15) is 0 Å². The van der Waals surface area contributed by atoms with Gasteiger partial charge in [-0.2, -0.15) is 0 Å². The molecule has 0 unspecified atom stereocenters. The minimum absolute atomic E-state index is 0.942. The highest BCUT2D eigenvalue weighted by molar-refractivity contribution is 5.14. The van der Waals surface area contributed by atoms with Gasteiger partial charge in [-0.15, -0.1) is 18.4 Å². The zero-order chi connectivity index (χ0) is 13.8. The molecule has 1 heteroatoms. The highest BCUT2D eigenvalue weighted by Gasteiger charge is 2.03. The lowest BCUT2D eigenvalue weighted by Crippen LogP contribution is -2.24. The first-order valence-electron chi connectivity index (χ1n) is 7.19. The van der Waals surface area contributed by atoms with E-state index < -0.39 is 0 Å². The summed E-state index contributed by atoms with van der Waals surface area (Å²) >= 11 is 0. The van der Waals surface area contributed by atoms with Crippen molar-refractivity contribution in [2.24, 2.45) is 0 Å². The molecule has 1 aromatic carbocycles. The third-order valence-electron chi connectivity index (χ3n) is 2.91. The molecule has 0 saturated heterocycles. The third-order valence-corrected chi connectivity index (χ3v) is 2.91. The molecule has 0 saturated carbocycles. The monoisotopic (exact) mass is 255 g/mol. The van der Waals surface area contributed by atoms with Crippen LogP contribution in [0.5, 0.6) is 0 Å². The summed E-state index contributed by atoms with van der Waals surface area (Å²) in [5, 5.41) is 0. The van der Waals surface area contributed by atoms with Gasteiger partial charge in [-0.3, -0.25) is 4.90 Å². The number of unbranched alkanes of at least 4 members (excludes halogenated alkanes) is 2. The lowest BCUT2D eigenvalue weighted by molar-refractivity contribution is 0.292. The van der Waals surface area contributed by atoms with Crippen LogP contribution < -0.4 is 0 Å². The van der Waals surface area contributed by atoms with E-state index >= 15 is 0 Å². The summed E-state index contributed by atoms with van der Waals surface area (Å²) in [6, 6.07) is 10.6. The van der Waals surface area contributed by atoms with Crippen LogP contribution >= 0.6 is 0 Å². The Labute approximate surface area is 118 Å². The van der Waals surface area contributed by atoms with Crippen LogP contribution in [-0.2, 0) is 6.54 Å². The van der Waals surface area contributed by atoms with E-state index in [1.807, 2.05) is 6.08 Å². The van der Waals surface area contributed by atoms with Crippen molar-refractivity contribution in [1.82, 2.24) is 4.90 Å². The molecule has 102 valence electrons. The van der Waals surface area contributed by atoms with Crippen LogP contribution in [0.4, 0.5) is 0 Å². The van der Waals surface area contributed by atoms with Gasteiger partial charge in [0.15, 0.2) is 0 Å². The highest BCUT2D eigenvalue weighted by atomic mass is 15.1. The number of rotatable bonds is 8. The summed E-state index contributed by atoms with van der Waals surface area (Å²) in [6.07, 6.45) is 6.30. The van der Waals surface area contributed by atoms with Crippen LogP contribution in [0, 0.1) is 11.8 Å². The predicted octanol–water partition coefficient (Wildman–Crippen LogP) is 4.26. The molecule has 0 aliphatic rings. The first-order chi connectivity index (χ1) is 9.36. The van der Waals surface area contributed by atoms with Gasteiger partial charge in [-0.05, 0) is 24.9 Å². The van der Waals surface area contributed by atoms with Crippen molar-refractivity contribution in [3.8, 4) is 11.8 Å². The zero-order valence-electron chi connectivity index (χ0n) is 12.1. The third kappa shape index (κ3) is 7.49. The van der Waals surface area contributed by atoms with Crippen LogP contribution in [0.25, 0.3) is 0 Å². The molecular formula is C18H25N. The molecule has 0 aliphatic heterocycles. The van der Waals surface area contributed by atoms with Crippen LogP contribution in [0.3, 0.4) is 0 Å². The van der Waals surface area contributed by atoms with E-state index in [2.05, 4.69) is 60.6 Å². The maximum Gasteiger partial charge on any atom is 0.0237 e. The van der Waals surface area contributed by atoms with Gasteiger partial charge in [0, 0.05) is 25.9 Å². The van der Waals surface area contributed by atoms with Crippen molar-refractivity contribution in [3.63, 3.8) is 0 Å². The van der Waals surface area contributed by atoms with Crippen LogP contribution in [0.2, 0.25) is 0 Å². The summed E-state index contributed by atoms with van der Waals surface area (Å²) in [5.74, 6) is 6.45. The standard InChI is InChI=1S/C18H25N/c1-3-5-6-7-8-12-16-19(15-4-2)17-18-13-10-9-11-14-18/h4,9-11,13-14H,2-3,5,8,12,15-17H2,1H3. The van der Waals surface area contributed by atoms with Crippen molar-refractivity contribution in [2.75, 3.05) is 13.1 Å². The zero-order valence-corrected chi connectivity index (χ0v) is 12.1. The van der Waals surface area contributed by atoms with Crippen molar-refractivity contribution in [1.29, 1.82) is 0 Å². The number of hydrogen-bond acceptors (Lipinski definition) is 1. The average molecular weight is 255 g/mol. The lowest BCUT2D eigenvalue weighted by atomic mass is 10.2. The first-order valence-corrected chi connectivity index (χ1v) is 7.19. The fraction of sp³-hybridized carbons (Fsp3) is 0.444. The first kappa shape index (κ1) is 15.5. The Morgan fingerprint density at radius 2 is 1.89 bits per heavy atom. The predicted molar refractivity (Wildman–Crippen MR) is 83.8 cm³/mol. The molecule has 0 radical (unpaired) electrons. The van der Waals surface area contributed by atoms with E-state index in [1.54, 1.807) is 0 Å². The fourth-order valence-electron chi connectivity index (χ4n) is 1.95. The molecule has 0 N–H and O–H groups in total. The number of nitrogens with zero attached hydrogens (tertiary/aromatic N) is 1. The topological polar surface area (TPSA) is 3.24 Å². The number of benzene rings is 1. The van der Waals surface area contributed by atoms with Crippen molar-refractivity contribution >= 4 is 0 Å². The molecule has 1 nitrogen and oxygen atoms in total. The Bertz CT molecular complexity index is 397. The van der Waals surface area contributed by atoms with E-state index in [0.717, 1.165) is 45.3 Å². The largest absolute Gasteiger partial charge is 0.295 e. The lowest BCUT2D eigenvalue weighted by Gasteiger charge is -2.20. The van der Waals surface area contributed by atoms with Gasteiger partial charge in [-0.25, -0.2) is 0 Å². The van der Waals surface area contributed by atoms with Crippen LogP contribution in [-0.4, -0.2) is 18.0 Å². The summed E-state index contributed by atoms with van der Waals surface area (Å²) in [4.78, 5) is 2.42. The minimum Gasteiger partial charge on any atom is -0.295 e. The Kier molecular flexibility index (Phi) is 8.51. The Balaban J connectivity index is 2.33. The molecule has 0 aliphatic carbocycles. The molecule has 0 spiro atoms. The molecule has 0 amide bonds. The second kappa shape index (κ2) is 10.4. The van der Waals surface area contributed by atoms with E-state index in [0.29, 0.717) is 0 Å². The summed E-state index contributed by atoms with van der Waals surface area (Å²) in [7, 11) is 0. The molecule has 19 heavy (non-hydrogen) atoms. The second-order valence-corrected chi connectivity index (χ2v) is 4.72. The Hall–Kier alpha value is -1.52. The van der Waals surface area contributed by atoms with Gasteiger partial charge in [-0.1, -0.05) is 43.3 Å². The molecular weight excluding hydrogens is 230 g/mol. The van der Waals surface area contributed by atoms with Crippen molar-refractivity contribution < 1.29 is 0 Å². The van der Waals surface area contributed by atoms with Crippen molar-refractivity contribution in [3.05, 3.63) is 48.6 Å². The van der Waals surface area contributed by atoms with Gasteiger partial charge < -0.3 is 0 Å². The molecule has 0 atom stereocenters. The van der Waals surface area contributed by atoms with E-state index in [-0.39, 0.29) is 0 Å². The molecule has 0 bridgehead atoms. The van der Waals surface area contributed by atoms with Crippen LogP contribution in [0.1, 0.15) is 38.2 Å². The van der Waals surface area contributed by atoms with Gasteiger partial charge in [0.05, 0.1) is 0 Å². The molecule has 0 aromatic heterocycles. The maximum atomic E-state index is 3.84. The van der Waals surface area contributed by atoms with Gasteiger partial charge in [0.2, 0.25) is 0 Å². The quantitative estimate of drug-likeness (QED) is 0.381. The van der Waals surface area contributed by atoms with E-state index in [4.69, 9.17) is 0 Å². The van der Waals surface area contributed by atoms with E-state index in [1.165, 1.54) is 5.56 Å². The van der Waals surface area contributed by atoms with Gasteiger partial charge in [0.25, 0.3) is 0 Å². The Morgan fingerprint density at radius 1 is 1.16 bits per heavy atom. The normalized spacial score (nSPS) is 10.0. The van der Waals surface area contributed by atoms with Gasteiger partial charge >= 0.3 is 0 Å². The van der Waals surface area contributed by atoms with Gasteiger partial charge in [0.1, 0.15) is 0 Å². The number of hydrogen-bond donors (Lipinski definition) is 0. The molecule has 0 heterocycles. The minimum atomic E-state index is 0.942. The second-order valence-electron chi connectivity index (χ2n) is 4.72. The maximum absolute atomic E-state index is 3.84. The summed E-state index contributed by atoms with van der Waals surface area (Å²) in [5.41, 5.74) is 1.36. The van der Waals surface area contributed by atoms with Crippen molar-refractivity contribution in [2.45, 2.75) is 39.2 Å². The summed E-state index contributed by atoms with van der Waals surface area (Å²) in [6.45, 7) is 9.03. The fourth-order valence-corrected chi connectivity index (χ4v) is 1.95. The Morgan fingerprint density at radius 3 is 2.58 bits per heavy atom. The average Bonchev–Trinajstić information content (AvgIpc) is 2.44. The molecule has 1 rings (SSSR count). The molecule has 1 aromatic rings. The summed E-state index contributed by atoms with van der Waals surface area (Å²) < 4.78 is 0. The van der Waals surface area contributed by atoms with Crippen LogP contribution in [0.15, 0.2) is 43.0 Å². The highest BCUT2D eigenvalue weighted by Crippen LogP contribution is 2.05. The molecule has 0 fully saturated rings.